The van der Waals surface area contributed by atoms with Crippen LogP contribution >= 0.6 is 0 Å². The van der Waals surface area contributed by atoms with Crippen molar-refractivity contribution in [1.82, 2.24) is 19.8 Å². The van der Waals surface area contributed by atoms with Crippen LogP contribution in [0.1, 0.15) is 58.9 Å². The molecule has 44 heavy (non-hydrogen) atoms. The maximum absolute atomic E-state index is 15.1. The fourth-order valence-electron chi connectivity index (χ4n) is 6.39. The van der Waals surface area contributed by atoms with Crippen LogP contribution in [-0.2, 0) is 11.3 Å². The third-order valence-corrected chi connectivity index (χ3v) is 9.07. The van der Waals surface area contributed by atoms with E-state index in [0.29, 0.717) is 18.9 Å². The van der Waals surface area contributed by atoms with Crippen molar-refractivity contribution in [2.24, 2.45) is 0 Å². The predicted octanol–water partition coefficient (Wildman–Crippen LogP) is 6.62. The molecule has 3 heterocycles. The second kappa shape index (κ2) is 13.7. The van der Waals surface area contributed by atoms with Gasteiger partial charge in [-0.1, -0.05) is 30.3 Å². The fourth-order valence-corrected chi connectivity index (χ4v) is 6.39. The van der Waals surface area contributed by atoms with Gasteiger partial charge in [-0.3, -0.25) is 4.90 Å². The number of ether oxygens (including phenoxy) is 2. The molecule has 0 unspecified atom stereocenters. The Morgan fingerprint density at radius 3 is 2.34 bits per heavy atom. The van der Waals surface area contributed by atoms with Gasteiger partial charge in [0.15, 0.2) is 23.2 Å². The minimum atomic E-state index is -0.522. The maximum Gasteiger partial charge on any atom is 0.229 e. The van der Waals surface area contributed by atoms with Crippen LogP contribution in [0, 0.1) is 11.6 Å². The van der Waals surface area contributed by atoms with Gasteiger partial charge < -0.3 is 25.0 Å². The third-order valence-electron chi connectivity index (χ3n) is 9.07. The van der Waals surface area contributed by atoms with Gasteiger partial charge in [0.05, 0.1) is 19.4 Å². The molecular weight excluding hydrogens is 562 g/mol. The molecule has 2 aromatic carbocycles. The van der Waals surface area contributed by atoms with Crippen LogP contribution in [-0.4, -0.2) is 76.3 Å². The van der Waals surface area contributed by atoms with Gasteiger partial charge in [-0.05, 0) is 78.1 Å². The summed E-state index contributed by atoms with van der Waals surface area (Å²) >= 11 is 0. The highest BCUT2D eigenvalue weighted by Crippen LogP contribution is 2.38. The van der Waals surface area contributed by atoms with E-state index in [0.717, 1.165) is 51.5 Å². The summed E-state index contributed by atoms with van der Waals surface area (Å²) in [5.41, 5.74) is 1.52. The number of rotatable bonds is 11. The van der Waals surface area contributed by atoms with Crippen molar-refractivity contribution in [1.29, 1.82) is 0 Å². The molecule has 0 saturated carbocycles. The average molecular weight is 609 g/mol. The minimum absolute atomic E-state index is 0.0437. The molecule has 2 fully saturated rings. The lowest BCUT2D eigenvalue weighted by Gasteiger charge is -2.53. The topological polar surface area (TPSA) is 74.8 Å². The van der Waals surface area contributed by atoms with Gasteiger partial charge in [-0.25, -0.2) is 13.8 Å². The molecule has 2 saturated heterocycles. The molecule has 2 aliphatic rings. The van der Waals surface area contributed by atoms with Crippen molar-refractivity contribution in [2.45, 2.75) is 83.2 Å². The fraction of sp³-hybridized carbons (Fsp3) is 0.529. The molecule has 10 heteroatoms. The second-order valence-electron chi connectivity index (χ2n) is 13.3. The zero-order valence-corrected chi connectivity index (χ0v) is 26.6. The predicted molar refractivity (Wildman–Crippen MR) is 170 cm³/mol. The first kappa shape index (κ1) is 32.1. The number of halogens is 2. The molecule has 2 aliphatic heterocycles. The summed E-state index contributed by atoms with van der Waals surface area (Å²) in [6.45, 7) is 12.7. The van der Waals surface area contributed by atoms with Gasteiger partial charge in [-0.2, -0.15) is 4.98 Å². The largest absolute Gasteiger partial charge is 0.487 e. The SMILES string of the molecule is CN1C(C)(C)CC(Nc2nc(Nc3ccc(OC4CCN(CCOCc5ccccc5)CC4)c(F)c3)ncc2F)CC1(C)C. The van der Waals surface area contributed by atoms with Crippen LogP contribution in [0.3, 0.4) is 0 Å². The Hall–Kier alpha value is -3.34. The molecule has 0 aliphatic carbocycles. The zero-order valence-electron chi connectivity index (χ0n) is 26.6. The Morgan fingerprint density at radius 2 is 1.66 bits per heavy atom. The third kappa shape index (κ3) is 8.22. The lowest BCUT2D eigenvalue weighted by Crippen LogP contribution is -2.61. The van der Waals surface area contributed by atoms with Crippen molar-refractivity contribution in [3.8, 4) is 5.75 Å². The lowest BCUT2D eigenvalue weighted by atomic mass is 9.77. The molecule has 0 spiro atoms. The number of piperidine rings is 2. The molecule has 238 valence electrons. The quantitative estimate of drug-likeness (QED) is 0.235. The number of aromatic nitrogens is 2. The molecule has 2 N–H and O–H groups in total. The standard InChI is InChI=1S/C34H46F2N6O2/c1-33(2)20-26(21-34(3,4)41(33)5)38-31-29(36)22-37-32(40-31)39-25-11-12-30(28(35)19-25)44-27-13-15-42(16-14-27)17-18-43-23-24-9-7-6-8-10-24/h6-12,19,22,26-27H,13-18,20-21,23H2,1-5H3,(H2,37,38,39,40). The van der Waals surface area contributed by atoms with Crippen molar-refractivity contribution < 1.29 is 18.3 Å². The van der Waals surface area contributed by atoms with Crippen LogP contribution in [0.25, 0.3) is 0 Å². The van der Waals surface area contributed by atoms with E-state index in [-0.39, 0.29) is 40.7 Å². The molecule has 3 aromatic rings. The van der Waals surface area contributed by atoms with Gasteiger partial charge in [0.1, 0.15) is 6.10 Å². The zero-order chi connectivity index (χ0) is 31.3. The number of nitrogens with one attached hydrogen (secondary N) is 2. The van der Waals surface area contributed by atoms with E-state index in [9.17, 15) is 4.39 Å². The Balaban J connectivity index is 1.10. The highest BCUT2D eigenvalue weighted by atomic mass is 19.1. The molecule has 5 rings (SSSR count). The average Bonchev–Trinajstić information content (AvgIpc) is 2.98. The summed E-state index contributed by atoms with van der Waals surface area (Å²) in [6.07, 6.45) is 4.42. The number of likely N-dealkylation sites (tertiary alicyclic amines) is 2. The summed E-state index contributed by atoms with van der Waals surface area (Å²) in [6, 6.07) is 14.9. The van der Waals surface area contributed by atoms with E-state index < -0.39 is 11.6 Å². The van der Waals surface area contributed by atoms with E-state index in [1.54, 1.807) is 12.1 Å². The molecule has 0 bridgehead atoms. The molecule has 0 radical (unpaired) electrons. The molecule has 0 atom stereocenters. The molecule has 0 amide bonds. The van der Waals surface area contributed by atoms with Gasteiger partial charge in [-0.15, -0.1) is 0 Å². The summed E-state index contributed by atoms with van der Waals surface area (Å²) in [5.74, 6) is -0.449. The minimum Gasteiger partial charge on any atom is -0.487 e. The van der Waals surface area contributed by atoms with Gasteiger partial charge >= 0.3 is 0 Å². The van der Waals surface area contributed by atoms with E-state index in [1.165, 1.54) is 11.6 Å². The van der Waals surface area contributed by atoms with Crippen LogP contribution in [0.5, 0.6) is 5.75 Å². The number of nitrogens with zero attached hydrogens (tertiary/aromatic N) is 4. The summed E-state index contributed by atoms with van der Waals surface area (Å²) in [7, 11) is 2.13. The molecule has 1 aromatic heterocycles. The number of hydrogen-bond acceptors (Lipinski definition) is 8. The van der Waals surface area contributed by atoms with Crippen LogP contribution in [0.4, 0.5) is 26.2 Å². The van der Waals surface area contributed by atoms with Crippen LogP contribution in [0.2, 0.25) is 0 Å². The second-order valence-corrected chi connectivity index (χ2v) is 13.3. The normalized spacial score (nSPS) is 19.5. The Kier molecular flexibility index (Phi) is 10.0. The monoisotopic (exact) mass is 608 g/mol. The molecule has 8 nitrogen and oxygen atoms in total. The molecular formula is C34H46F2N6O2. The highest BCUT2D eigenvalue weighted by molar-refractivity contribution is 5.56. The first-order chi connectivity index (χ1) is 21.0. The lowest BCUT2D eigenvalue weighted by molar-refractivity contribution is -0.00778. The van der Waals surface area contributed by atoms with E-state index in [1.807, 2.05) is 18.2 Å². The van der Waals surface area contributed by atoms with Crippen LogP contribution < -0.4 is 15.4 Å². The Bertz CT molecular complexity index is 1360. The van der Waals surface area contributed by atoms with Crippen molar-refractivity contribution in [2.75, 3.05) is 43.9 Å². The Labute approximate surface area is 260 Å². The Morgan fingerprint density at radius 1 is 0.955 bits per heavy atom. The first-order valence-corrected chi connectivity index (χ1v) is 15.6. The first-order valence-electron chi connectivity index (χ1n) is 15.6. The smallest absolute Gasteiger partial charge is 0.229 e. The van der Waals surface area contributed by atoms with Crippen molar-refractivity contribution >= 4 is 17.5 Å². The van der Waals surface area contributed by atoms with Crippen molar-refractivity contribution in [3.63, 3.8) is 0 Å². The van der Waals surface area contributed by atoms with Gasteiger partial charge in [0, 0.05) is 48.5 Å². The van der Waals surface area contributed by atoms with E-state index in [2.05, 4.69) is 77.3 Å². The summed E-state index contributed by atoms with van der Waals surface area (Å²) in [5, 5.41) is 6.31. The summed E-state index contributed by atoms with van der Waals surface area (Å²) < 4.78 is 41.6. The van der Waals surface area contributed by atoms with Crippen LogP contribution in [0.15, 0.2) is 54.7 Å². The summed E-state index contributed by atoms with van der Waals surface area (Å²) in [4.78, 5) is 13.2. The van der Waals surface area contributed by atoms with E-state index in [4.69, 9.17) is 9.47 Å². The number of anilines is 3. The van der Waals surface area contributed by atoms with Gasteiger partial charge in [0.25, 0.3) is 0 Å². The number of benzene rings is 2. The number of hydrogen-bond donors (Lipinski definition) is 2. The maximum atomic E-state index is 15.1. The van der Waals surface area contributed by atoms with Gasteiger partial charge in [0.2, 0.25) is 5.95 Å². The highest BCUT2D eigenvalue weighted by Gasteiger charge is 2.43. The van der Waals surface area contributed by atoms with E-state index >= 15 is 4.39 Å². The van der Waals surface area contributed by atoms with Crippen molar-refractivity contribution in [3.05, 3.63) is 71.9 Å².